The van der Waals surface area contributed by atoms with Crippen LogP contribution in [0.2, 0.25) is 0 Å². The minimum atomic E-state index is -4.92. The third-order valence-electron chi connectivity index (χ3n) is 7.24. The van der Waals surface area contributed by atoms with Gasteiger partial charge in [0.25, 0.3) is 11.8 Å². The van der Waals surface area contributed by atoms with Crippen LogP contribution in [0.15, 0.2) is 48.5 Å². The molecule has 0 bridgehead atoms. The molecule has 0 aliphatic carbocycles. The molecule has 0 saturated carbocycles. The Balaban J connectivity index is 1.49. The SMILES string of the molecule is CC(C)C[C@H](NC(=O)c1ccc(N(C)C)cc1)C(=O)N1CC[C@@H]2[C@H]1C(=O)CN2C(=O)c1cccc(OC(F)(F)F)c1. The molecule has 3 amide bonds. The number of benzene rings is 2. The minimum absolute atomic E-state index is 0.0577. The molecule has 0 unspecified atom stereocenters. The zero-order valence-corrected chi connectivity index (χ0v) is 23.3. The third-order valence-corrected chi connectivity index (χ3v) is 7.24. The number of ether oxygens (including phenoxy) is 1. The molecule has 2 fully saturated rings. The van der Waals surface area contributed by atoms with Crippen LogP contribution in [-0.2, 0) is 9.59 Å². The van der Waals surface area contributed by atoms with Crippen LogP contribution in [0.3, 0.4) is 0 Å². The summed E-state index contributed by atoms with van der Waals surface area (Å²) in [6, 6.07) is 9.21. The maximum Gasteiger partial charge on any atom is 0.573 e. The standard InChI is InChI=1S/C29H33F3N4O5/c1-17(2)14-22(33-26(38)18-8-10-20(11-9-18)34(3)4)28(40)35-13-12-23-25(35)24(37)16-36(23)27(39)19-6-5-7-21(15-19)41-29(30,31)32/h5-11,15,17,22-23,25H,12-14,16H2,1-4H3,(H,33,38)/t22-,23+,25-/m0/s1. The molecule has 2 aliphatic rings. The second-order valence-corrected chi connectivity index (χ2v) is 10.9. The number of nitrogens with one attached hydrogen (secondary N) is 1. The molecule has 0 aromatic heterocycles. The van der Waals surface area contributed by atoms with Crippen LogP contribution in [0, 0.1) is 5.92 Å². The number of rotatable bonds is 8. The number of carbonyl (C=O) groups excluding carboxylic acids is 4. The van der Waals surface area contributed by atoms with Crippen molar-refractivity contribution in [2.24, 2.45) is 5.92 Å². The predicted molar refractivity (Wildman–Crippen MR) is 145 cm³/mol. The Labute approximate surface area is 236 Å². The van der Waals surface area contributed by atoms with Gasteiger partial charge in [0, 0.05) is 37.5 Å². The van der Waals surface area contributed by atoms with Crippen molar-refractivity contribution in [3.05, 3.63) is 59.7 Å². The number of fused-ring (bicyclic) bond motifs is 1. The van der Waals surface area contributed by atoms with E-state index in [2.05, 4.69) is 10.1 Å². The first kappa shape index (κ1) is 29.9. The highest BCUT2D eigenvalue weighted by atomic mass is 19.4. The molecule has 2 heterocycles. The van der Waals surface area contributed by atoms with Gasteiger partial charge in [-0.15, -0.1) is 13.2 Å². The fourth-order valence-corrected chi connectivity index (χ4v) is 5.38. The molecule has 2 aliphatic heterocycles. The Morgan fingerprint density at radius 1 is 1.05 bits per heavy atom. The van der Waals surface area contributed by atoms with Crippen molar-refractivity contribution >= 4 is 29.2 Å². The minimum Gasteiger partial charge on any atom is -0.406 e. The van der Waals surface area contributed by atoms with Crippen molar-refractivity contribution in [1.29, 1.82) is 0 Å². The van der Waals surface area contributed by atoms with E-state index in [9.17, 15) is 32.3 Å². The van der Waals surface area contributed by atoms with Gasteiger partial charge < -0.3 is 24.8 Å². The van der Waals surface area contributed by atoms with Crippen molar-refractivity contribution < 1.29 is 37.1 Å². The van der Waals surface area contributed by atoms with Gasteiger partial charge in [-0.25, -0.2) is 0 Å². The number of Topliss-reactive ketones (excluding diaryl/α,β-unsaturated/α-hetero) is 1. The second kappa shape index (κ2) is 11.8. The van der Waals surface area contributed by atoms with E-state index < -0.39 is 48.0 Å². The third kappa shape index (κ3) is 6.80. The molecular formula is C29H33F3N4O5. The average molecular weight is 575 g/mol. The normalized spacial score (nSPS) is 19.3. The molecule has 2 aromatic rings. The maximum absolute atomic E-state index is 13.7. The molecule has 12 heteroatoms. The first-order valence-electron chi connectivity index (χ1n) is 13.3. The van der Waals surface area contributed by atoms with Gasteiger partial charge in [-0.1, -0.05) is 19.9 Å². The van der Waals surface area contributed by atoms with E-state index >= 15 is 0 Å². The average Bonchev–Trinajstić information content (AvgIpc) is 3.47. The van der Waals surface area contributed by atoms with Gasteiger partial charge >= 0.3 is 6.36 Å². The van der Waals surface area contributed by atoms with Gasteiger partial charge in [0.15, 0.2) is 5.78 Å². The van der Waals surface area contributed by atoms with E-state index in [4.69, 9.17) is 0 Å². The summed E-state index contributed by atoms with van der Waals surface area (Å²) in [4.78, 5) is 57.7. The first-order valence-corrected chi connectivity index (χ1v) is 13.3. The van der Waals surface area contributed by atoms with Crippen LogP contribution in [0.5, 0.6) is 5.75 Å². The number of alkyl halides is 3. The maximum atomic E-state index is 13.7. The highest BCUT2D eigenvalue weighted by Crippen LogP contribution is 2.33. The van der Waals surface area contributed by atoms with Crippen LogP contribution in [0.4, 0.5) is 18.9 Å². The molecular weight excluding hydrogens is 541 g/mol. The van der Waals surface area contributed by atoms with Crippen LogP contribution in [0.1, 0.15) is 47.4 Å². The van der Waals surface area contributed by atoms with E-state index in [0.717, 1.165) is 17.8 Å². The number of hydrogen-bond acceptors (Lipinski definition) is 6. The van der Waals surface area contributed by atoms with Crippen LogP contribution in [0.25, 0.3) is 0 Å². The highest BCUT2D eigenvalue weighted by Gasteiger charge is 2.52. The van der Waals surface area contributed by atoms with Crippen molar-refractivity contribution in [3.8, 4) is 5.75 Å². The summed E-state index contributed by atoms with van der Waals surface area (Å²) in [5.41, 5.74) is 1.25. The van der Waals surface area contributed by atoms with Crippen LogP contribution < -0.4 is 15.0 Å². The van der Waals surface area contributed by atoms with Crippen LogP contribution in [-0.4, -0.2) is 85.0 Å². The van der Waals surface area contributed by atoms with E-state index in [1.807, 2.05) is 32.8 Å². The molecule has 220 valence electrons. The lowest BCUT2D eigenvalue weighted by molar-refractivity contribution is -0.274. The van der Waals surface area contributed by atoms with E-state index in [1.165, 1.54) is 21.9 Å². The van der Waals surface area contributed by atoms with Crippen molar-refractivity contribution in [1.82, 2.24) is 15.1 Å². The second-order valence-electron chi connectivity index (χ2n) is 10.9. The molecule has 41 heavy (non-hydrogen) atoms. The Bertz CT molecular complexity index is 1310. The number of ketones is 1. The summed E-state index contributed by atoms with van der Waals surface area (Å²) in [5, 5.41) is 2.83. The van der Waals surface area contributed by atoms with Gasteiger partial charge in [0.2, 0.25) is 5.91 Å². The molecule has 4 rings (SSSR count). The number of amides is 3. The first-order chi connectivity index (χ1) is 19.2. The molecule has 3 atom stereocenters. The summed E-state index contributed by atoms with van der Waals surface area (Å²) < 4.78 is 41.9. The van der Waals surface area contributed by atoms with Gasteiger partial charge in [0.05, 0.1) is 12.6 Å². The number of halogens is 3. The van der Waals surface area contributed by atoms with Crippen LogP contribution >= 0.6 is 0 Å². The fourth-order valence-electron chi connectivity index (χ4n) is 5.38. The lowest BCUT2D eigenvalue weighted by atomic mass is 10.0. The Morgan fingerprint density at radius 3 is 2.34 bits per heavy atom. The predicted octanol–water partition coefficient (Wildman–Crippen LogP) is 3.49. The highest BCUT2D eigenvalue weighted by molar-refractivity contribution is 6.03. The monoisotopic (exact) mass is 574 g/mol. The molecule has 0 spiro atoms. The number of nitrogens with zero attached hydrogens (tertiary/aromatic N) is 3. The quantitative estimate of drug-likeness (QED) is 0.519. The zero-order chi connectivity index (χ0) is 30.1. The van der Waals surface area contributed by atoms with Gasteiger partial charge in [-0.2, -0.15) is 0 Å². The number of likely N-dealkylation sites (tertiary alicyclic amines) is 2. The summed E-state index contributed by atoms with van der Waals surface area (Å²) in [7, 11) is 3.77. The molecule has 2 aromatic carbocycles. The number of hydrogen-bond donors (Lipinski definition) is 1. The lowest BCUT2D eigenvalue weighted by Gasteiger charge is -2.29. The number of anilines is 1. The fraction of sp³-hybridized carbons (Fsp3) is 0.448. The van der Waals surface area contributed by atoms with Gasteiger partial charge in [-0.05, 0) is 61.2 Å². The summed E-state index contributed by atoms with van der Waals surface area (Å²) in [6.45, 7) is 3.76. The summed E-state index contributed by atoms with van der Waals surface area (Å²) >= 11 is 0. The Morgan fingerprint density at radius 2 is 1.73 bits per heavy atom. The van der Waals surface area contributed by atoms with Gasteiger partial charge in [0.1, 0.15) is 17.8 Å². The van der Waals surface area contributed by atoms with E-state index in [1.54, 1.807) is 24.3 Å². The van der Waals surface area contributed by atoms with E-state index in [-0.39, 0.29) is 30.4 Å². The topological polar surface area (TPSA) is 99.3 Å². The summed E-state index contributed by atoms with van der Waals surface area (Å²) in [5.74, 6) is -2.28. The zero-order valence-electron chi connectivity index (χ0n) is 23.3. The molecule has 1 N–H and O–H groups in total. The Hall–Kier alpha value is -4.09. The van der Waals surface area contributed by atoms with E-state index in [0.29, 0.717) is 18.4 Å². The molecule has 0 radical (unpaired) electrons. The van der Waals surface area contributed by atoms with Crippen molar-refractivity contribution in [2.75, 3.05) is 32.1 Å². The van der Waals surface area contributed by atoms with Gasteiger partial charge in [-0.3, -0.25) is 19.2 Å². The van der Waals surface area contributed by atoms with Crippen molar-refractivity contribution in [3.63, 3.8) is 0 Å². The van der Waals surface area contributed by atoms with Crippen molar-refractivity contribution in [2.45, 2.75) is 51.2 Å². The molecule has 9 nitrogen and oxygen atoms in total. The summed E-state index contributed by atoms with van der Waals surface area (Å²) in [6.07, 6.45) is -4.25. The smallest absolute Gasteiger partial charge is 0.406 e. The lowest BCUT2D eigenvalue weighted by Crippen LogP contribution is -2.53. The number of carbonyl (C=O) groups is 4. The molecule has 2 saturated heterocycles. The Kier molecular flexibility index (Phi) is 8.60. The largest absolute Gasteiger partial charge is 0.573 e.